The van der Waals surface area contributed by atoms with Gasteiger partial charge in [0.1, 0.15) is 0 Å². The number of halogens is 2. The Balaban J connectivity index is 1.28. The van der Waals surface area contributed by atoms with Crippen LogP contribution in [0.25, 0.3) is 0 Å². The van der Waals surface area contributed by atoms with Gasteiger partial charge in [0.2, 0.25) is 10.0 Å². The maximum Gasteiger partial charge on any atom is 0.319 e. The molecule has 2 aromatic rings. The summed E-state index contributed by atoms with van der Waals surface area (Å²) in [6.07, 6.45) is 2.83. The van der Waals surface area contributed by atoms with E-state index >= 15 is 0 Å². The summed E-state index contributed by atoms with van der Waals surface area (Å²) in [7, 11) is -3.92. The fourth-order valence-electron chi connectivity index (χ4n) is 4.59. The van der Waals surface area contributed by atoms with Crippen LogP contribution in [0.5, 0.6) is 0 Å². The Bertz CT molecular complexity index is 1160. The van der Waals surface area contributed by atoms with Gasteiger partial charge in [-0.2, -0.15) is 4.31 Å². The zero-order valence-corrected chi connectivity index (χ0v) is 20.7. The second kappa shape index (κ2) is 10.5. The van der Waals surface area contributed by atoms with E-state index in [1.165, 1.54) is 4.31 Å². The molecule has 0 bridgehead atoms. The second-order valence-electron chi connectivity index (χ2n) is 9.23. The van der Waals surface area contributed by atoms with Gasteiger partial charge in [0.25, 0.3) is 0 Å². The average Bonchev–Trinajstić information content (AvgIpc) is 3.61. The maximum absolute atomic E-state index is 13.7. The molecule has 190 valence electrons. The van der Waals surface area contributed by atoms with E-state index in [0.29, 0.717) is 44.7 Å². The van der Waals surface area contributed by atoms with Gasteiger partial charge in [-0.05, 0) is 83.0 Å². The number of benzene rings is 1. The van der Waals surface area contributed by atoms with Crippen molar-refractivity contribution < 1.29 is 22.0 Å². The summed E-state index contributed by atoms with van der Waals surface area (Å²) in [4.78, 5) is 18.5. The topological polar surface area (TPSA) is 94.6 Å². The zero-order chi connectivity index (χ0) is 25.2. The predicted octanol–water partition coefficient (Wildman–Crippen LogP) is 3.42. The Labute approximate surface area is 204 Å². The molecule has 2 fully saturated rings. The van der Waals surface area contributed by atoms with Crippen molar-refractivity contribution in [3.8, 4) is 0 Å². The quantitative estimate of drug-likeness (QED) is 0.571. The van der Waals surface area contributed by atoms with Crippen LogP contribution in [0, 0.1) is 25.5 Å². The Kier molecular flexibility index (Phi) is 7.67. The molecule has 2 heterocycles. The lowest BCUT2D eigenvalue weighted by Gasteiger charge is -2.38. The molecule has 35 heavy (non-hydrogen) atoms. The molecule has 1 saturated carbocycles. The summed E-state index contributed by atoms with van der Waals surface area (Å²) in [5.74, 6) is -2.23. The summed E-state index contributed by atoms with van der Waals surface area (Å²) in [5.41, 5.74) is 2.35. The van der Waals surface area contributed by atoms with Crippen LogP contribution in [0.4, 0.5) is 19.3 Å². The minimum absolute atomic E-state index is 0.0875. The highest BCUT2D eigenvalue weighted by atomic mass is 32.2. The molecule has 2 N–H and O–H groups in total. The number of nitrogens with one attached hydrogen (secondary N) is 2. The van der Waals surface area contributed by atoms with Crippen molar-refractivity contribution in [2.75, 3.05) is 31.5 Å². The molecule has 1 aliphatic heterocycles. The Morgan fingerprint density at radius 1 is 1.03 bits per heavy atom. The van der Waals surface area contributed by atoms with Crippen molar-refractivity contribution in [3.05, 3.63) is 53.4 Å². The van der Waals surface area contributed by atoms with Crippen LogP contribution >= 0.6 is 0 Å². The minimum Gasteiger partial charge on any atom is -0.337 e. The lowest BCUT2D eigenvalue weighted by molar-refractivity contribution is 0.156. The van der Waals surface area contributed by atoms with Gasteiger partial charge in [-0.25, -0.2) is 22.0 Å². The number of sulfonamides is 1. The first-order chi connectivity index (χ1) is 16.6. The van der Waals surface area contributed by atoms with E-state index in [4.69, 9.17) is 0 Å². The van der Waals surface area contributed by atoms with E-state index < -0.39 is 21.7 Å². The molecule has 11 heteroatoms. The van der Waals surface area contributed by atoms with Gasteiger partial charge in [0.05, 0.1) is 4.90 Å². The SMILES string of the molecule is Cc1cc(NC(=O)NCCN2CCC(N(C3CC3)S(=O)(=O)c3ccc(F)c(F)c3)CC2)cc(C)n1. The van der Waals surface area contributed by atoms with Crippen LogP contribution in [0.1, 0.15) is 37.1 Å². The highest BCUT2D eigenvalue weighted by Gasteiger charge is 2.43. The van der Waals surface area contributed by atoms with Gasteiger partial charge in [0, 0.05) is 42.2 Å². The molecule has 2 aliphatic rings. The van der Waals surface area contributed by atoms with E-state index in [9.17, 15) is 22.0 Å². The van der Waals surface area contributed by atoms with E-state index in [0.717, 1.165) is 42.4 Å². The van der Waals surface area contributed by atoms with Gasteiger partial charge in [-0.3, -0.25) is 4.98 Å². The van der Waals surface area contributed by atoms with Gasteiger partial charge >= 0.3 is 6.03 Å². The van der Waals surface area contributed by atoms with Crippen molar-refractivity contribution >= 4 is 21.7 Å². The number of hydrogen-bond donors (Lipinski definition) is 2. The minimum atomic E-state index is -3.92. The molecule has 8 nitrogen and oxygen atoms in total. The van der Waals surface area contributed by atoms with Crippen molar-refractivity contribution in [2.45, 2.75) is 56.5 Å². The standard InChI is InChI=1S/C24H31F2N5O3S/c1-16-13-18(14-17(2)28-16)29-24(32)27-9-12-30-10-7-20(8-11-30)31(19-3-4-19)35(33,34)21-5-6-22(25)23(26)15-21/h5-6,13-15,19-20H,3-4,7-12H2,1-2H3,(H2,27,28,29,32). The van der Waals surface area contributed by atoms with E-state index in [-0.39, 0.29) is 23.0 Å². The van der Waals surface area contributed by atoms with E-state index in [2.05, 4.69) is 20.5 Å². The first-order valence-electron chi connectivity index (χ1n) is 11.8. The van der Waals surface area contributed by atoms with E-state index in [1.54, 1.807) is 12.1 Å². The summed E-state index contributed by atoms with van der Waals surface area (Å²) in [5, 5.41) is 5.66. The van der Waals surface area contributed by atoms with Crippen LogP contribution in [-0.4, -0.2) is 66.9 Å². The number of amides is 2. The molecule has 0 unspecified atom stereocenters. The molecule has 0 spiro atoms. The van der Waals surface area contributed by atoms with Crippen molar-refractivity contribution in [3.63, 3.8) is 0 Å². The number of hydrogen-bond acceptors (Lipinski definition) is 5. The Hall–Kier alpha value is -2.63. The number of carbonyl (C=O) groups is 1. The summed E-state index contributed by atoms with van der Waals surface area (Å²) in [6.45, 7) is 6.22. The summed E-state index contributed by atoms with van der Waals surface area (Å²) >= 11 is 0. The normalized spacial score (nSPS) is 17.5. The monoisotopic (exact) mass is 507 g/mol. The van der Waals surface area contributed by atoms with Crippen LogP contribution in [0.15, 0.2) is 35.2 Å². The van der Waals surface area contributed by atoms with Gasteiger partial charge in [-0.1, -0.05) is 0 Å². The molecule has 4 rings (SSSR count). The van der Waals surface area contributed by atoms with Crippen LogP contribution in [0.3, 0.4) is 0 Å². The van der Waals surface area contributed by atoms with Gasteiger partial charge in [0.15, 0.2) is 11.6 Å². The lowest BCUT2D eigenvalue weighted by atomic mass is 10.0. The van der Waals surface area contributed by atoms with Gasteiger partial charge < -0.3 is 15.5 Å². The lowest BCUT2D eigenvalue weighted by Crippen LogP contribution is -2.49. The predicted molar refractivity (Wildman–Crippen MR) is 129 cm³/mol. The number of urea groups is 1. The number of aryl methyl sites for hydroxylation is 2. The molecule has 1 saturated heterocycles. The maximum atomic E-state index is 13.7. The zero-order valence-electron chi connectivity index (χ0n) is 19.9. The van der Waals surface area contributed by atoms with Crippen LogP contribution < -0.4 is 10.6 Å². The molecule has 1 aliphatic carbocycles. The first-order valence-corrected chi connectivity index (χ1v) is 13.3. The highest BCUT2D eigenvalue weighted by molar-refractivity contribution is 7.89. The molecular formula is C24H31F2N5O3S. The van der Waals surface area contributed by atoms with Crippen molar-refractivity contribution in [1.29, 1.82) is 0 Å². The Morgan fingerprint density at radius 2 is 1.66 bits per heavy atom. The molecular weight excluding hydrogens is 476 g/mol. The number of nitrogens with zero attached hydrogens (tertiary/aromatic N) is 3. The number of anilines is 1. The fraction of sp³-hybridized carbons (Fsp3) is 0.500. The first kappa shape index (κ1) is 25.5. The number of pyridine rings is 1. The number of aromatic nitrogens is 1. The molecule has 0 radical (unpaired) electrons. The highest BCUT2D eigenvalue weighted by Crippen LogP contribution is 2.36. The van der Waals surface area contributed by atoms with Crippen molar-refractivity contribution in [2.24, 2.45) is 0 Å². The molecule has 1 aromatic heterocycles. The largest absolute Gasteiger partial charge is 0.337 e. The number of carbonyl (C=O) groups excluding carboxylic acids is 1. The third-order valence-corrected chi connectivity index (χ3v) is 8.34. The number of piperidine rings is 1. The Morgan fingerprint density at radius 3 is 2.26 bits per heavy atom. The summed E-state index contributed by atoms with van der Waals surface area (Å²) < 4.78 is 55.1. The third-order valence-electron chi connectivity index (χ3n) is 6.34. The van der Waals surface area contributed by atoms with Gasteiger partial charge in [-0.15, -0.1) is 0 Å². The van der Waals surface area contributed by atoms with Crippen LogP contribution in [0.2, 0.25) is 0 Å². The molecule has 0 atom stereocenters. The second-order valence-corrected chi connectivity index (χ2v) is 11.1. The molecule has 2 amide bonds. The van der Waals surface area contributed by atoms with E-state index in [1.807, 2.05) is 13.8 Å². The average molecular weight is 508 g/mol. The third kappa shape index (κ3) is 6.33. The molecule has 1 aromatic carbocycles. The van der Waals surface area contributed by atoms with Crippen molar-refractivity contribution in [1.82, 2.24) is 19.5 Å². The number of rotatable bonds is 8. The smallest absolute Gasteiger partial charge is 0.319 e. The fourth-order valence-corrected chi connectivity index (χ4v) is 6.53. The van der Waals surface area contributed by atoms with Crippen LogP contribution in [-0.2, 0) is 10.0 Å². The number of likely N-dealkylation sites (tertiary alicyclic amines) is 1. The summed E-state index contributed by atoms with van der Waals surface area (Å²) in [6, 6.07) is 5.79.